The van der Waals surface area contributed by atoms with Gasteiger partial charge in [-0.05, 0) is 49.6 Å². The summed E-state index contributed by atoms with van der Waals surface area (Å²) in [6.07, 6.45) is 0. The first-order valence-corrected chi connectivity index (χ1v) is 5.74. The van der Waals surface area contributed by atoms with Gasteiger partial charge in [0.1, 0.15) is 10.5 Å². The molecule has 4 heteroatoms. The SMILES string of the molecule is Cc1ccc(F)cc1-c1n[nH]c(=S)c(C)c1C. The fourth-order valence-corrected chi connectivity index (χ4v) is 1.93. The maximum Gasteiger partial charge on any atom is 0.123 e. The Labute approximate surface area is 105 Å². The summed E-state index contributed by atoms with van der Waals surface area (Å²) in [5.41, 5.74) is 4.52. The Balaban J connectivity index is 2.73. The van der Waals surface area contributed by atoms with Gasteiger partial charge < -0.3 is 0 Å². The molecule has 1 aromatic heterocycles. The zero-order valence-corrected chi connectivity index (χ0v) is 10.8. The van der Waals surface area contributed by atoms with Crippen molar-refractivity contribution in [2.24, 2.45) is 0 Å². The average molecular weight is 248 g/mol. The first kappa shape index (κ1) is 11.9. The third kappa shape index (κ3) is 2.13. The van der Waals surface area contributed by atoms with Crippen LogP contribution in [0.2, 0.25) is 0 Å². The Hall–Kier alpha value is -1.55. The molecule has 2 nitrogen and oxygen atoms in total. The minimum Gasteiger partial charge on any atom is -0.267 e. The van der Waals surface area contributed by atoms with Crippen molar-refractivity contribution in [1.29, 1.82) is 0 Å². The quantitative estimate of drug-likeness (QED) is 0.776. The van der Waals surface area contributed by atoms with Gasteiger partial charge in [-0.2, -0.15) is 5.10 Å². The van der Waals surface area contributed by atoms with Crippen LogP contribution in [0, 0.1) is 31.2 Å². The Bertz CT molecular complexity index is 632. The molecule has 0 bridgehead atoms. The van der Waals surface area contributed by atoms with Crippen molar-refractivity contribution in [1.82, 2.24) is 10.2 Å². The van der Waals surface area contributed by atoms with Crippen LogP contribution >= 0.6 is 12.2 Å². The molecule has 1 aromatic carbocycles. The molecule has 0 fully saturated rings. The maximum absolute atomic E-state index is 13.3. The minimum absolute atomic E-state index is 0.257. The lowest BCUT2D eigenvalue weighted by Crippen LogP contribution is -1.98. The van der Waals surface area contributed by atoms with E-state index in [1.54, 1.807) is 6.07 Å². The highest BCUT2D eigenvalue weighted by Crippen LogP contribution is 2.26. The van der Waals surface area contributed by atoms with E-state index >= 15 is 0 Å². The van der Waals surface area contributed by atoms with Crippen LogP contribution in [0.4, 0.5) is 4.39 Å². The molecule has 1 heterocycles. The van der Waals surface area contributed by atoms with Crippen LogP contribution in [0.5, 0.6) is 0 Å². The molecule has 0 saturated carbocycles. The topological polar surface area (TPSA) is 28.7 Å². The lowest BCUT2D eigenvalue weighted by Gasteiger charge is -2.10. The molecule has 0 unspecified atom stereocenters. The Morgan fingerprint density at radius 3 is 2.59 bits per heavy atom. The van der Waals surface area contributed by atoms with E-state index in [-0.39, 0.29) is 5.82 Å². The minimum atomic E-state index is -0.257. The second-order valence-electron chi connectivity index (χ2n) is 4.11. The summed E-state index contributed by atoms with van der Waals surface area (Å²) in [4.78, 5) is 0. The van der Waals surface area contributed by atoms with Crippen molar-refractivity contribution >= 4 is 12.2 Å². The Morgan fingerprint density at radius 2 is 1.88 bits per heavy atom. The zero-order chi connectivity index (χ0) is 12.6. The molecule has 0 amide bonds. The maximum atomic E-state index is 13.3. The number of hydrogen-bond acceptors (Lipinski definition) is 2. The molecule has 0 aliphatic heterocycles. The van der Waals surface area contributed by atoms with Gasteiger partial charge in [0.15, 0.2) is 0 Å². The molecule has 0 saturated heterocycles. The third-order valence-corrected chi connectivity index (χ3v) is 3.38. The second kappa shape index (κ2) is 4.37. The molecular formula is C13H13FN2S. The molecular weight excluding hydrogens is 235 g/mol. The van der Waals surface area contributed by atoms with Crippen LogP contribution < -0.4 is 0 Å². The van der Waals surface area contributed by atoms with Crippen molar-refractivity contribution in [3.8, 4) is 11.3 Å². The lowest BCUT2D eigenvalue weighted by molar-refractivity contribution is 0.628. The molecule has 1 N–H and O–H groups in total. The van der Waals surface area contributed by atoms with Crippen LogP contribution in [-0.4, -0.2) is 10.2 Å². The predicted molar refractivity (Wildman–Crippen MR) is 69.0 cm³/mol. The van der Waals surface area contributed by atoms with Gasteiger partial charge in [0, 0.05) is 5.56 Å². The lowest BCUT2D eigenvalue weighted by atomic mass is 10.0. The van der Waals surface area contributed by atoms with Gasteiger partial charge in [-0.1, -0.05) is 18.3 Å². The number of halogens is 1. The van der Waals surface area contributed by atoms with E-state index < -0.39 is 0 Å². The number of rotatable bonds is 1. The van der Waals surface area contributed by atoms with Gasteiger partial charge in [-0.3, -0.25) is 5.10 Å². The molecule has 0 atom stereocenters. The van der Waals surface area contributed by atoms with E-state index in [1.807, 2.05) is 20.8 Å². The number of aromatic nitrogens is 2. The van der Waals surface area contributed by atoms with Gasteiger partial charge in [0.25, 0.3) is 0 Å². The van der Waals surface area contributed by atoms with Gasteiger partial charge in [-0.15, -0.1) is 0 Å². The first-order chi connectivity index (χ1) is 8.00. The molecule has 17 heavy (non-hydrogen) atoms. The average Bonchev–Trinajstić information content (AvgIpc) is 2.30. The summed E-state index contributed by atoms with van der Waals surface area (Å²) >= 11 is 5.12. The van der Waals surface area contributed by atoms with Crippen LogP contribution in [0.1, 0.15) is 16.7 Å². The fourth-order valence-electron chi connectivity index (χ4n) is 1.73. The molecule has 2 rings (SSSR count). The van der Waals surface area contributed by atoms with E-state index in [0.717, 1.165) is 27.9 Å². The number of aryl methyl sites for hydroxylation is 1. The predicted octanol–water partition coefficient (Wildman–Crippen LogP) is 3.87. The monoisotopic (exact) mass is 248 g/mol. The van der Waals surface area contributed by atoms with Crippen LogP contribution in [-0.2, 0) is 0 Å². The smallest absolute Gasteiger partial charge is 0.123 e. The number of aromatic amines is 1. The Morgan fingerprint density at radius 1 is 1.18 bits per heavy atom. The van der Waals surface area contributed by atoms with Crippen molar-refractivity contribution in [2.45, 2.75) is 20.8 Å². The molecule has 0 aliphatic carbocycles. The van der Waals surface area contributed by atoms with E-state index in [2.05, 4.69) is 10.2 Å². The summed E-state index contributed by atoms with van der Waals surface area (Å²) in [6, 6.07) is 4.70. The van der Waals surface area contributed by atoms with Gasteiger partial charge >= 0.3 is 0 Å². The molecule has 0 aliphatic rings. The summed E-state index contributed by atoms with van der Waals surface area (Å²) in [5.74, 6) is -0.257. The zero-order valence-electron chi connectivity index (χ0n) is 9.97. The van der Waals surface area contributed by atoms with Gasteiger partial charge in [0.05, 0.1) is 5.69 Å². The summed E-state index contributed by atoms with van der Waals surface area (Å²) in [5, 5.41) is 7.01. The summed E-state index contributed by atoms with van der Waals surface area (Å²) < 4.78 is 13.9. The normalized spacial score (nSPS) is 10.6. The van der Waals surface area contributed by atoms with Gasteiger partial charge in [-0.25, -0.2) is 4.39 Å². The van der Waals surface area contributed by atoms with E-state index in [9.17, 15) is 4.39 Å². The number of benzene rings is 1. The number of H-pyrrole nitrogens is 1. The highest BCUT2D eigenvalue weighted by atomic mass is 32.1. The number of hydrogen-bond donors (Lipinski definition) is 1. The molecule has 88 valence electrons. The first-order valence-electron chi connectivity index (χ1n) is 5.33. The largest absolute Gasteiger partial charge is 0.267 e. The molecule has 2 aromatic rings. The van der Waals surface area contributed by atoms with Gasteiger partial charge in [0.2, 0.25) is 0 Å². The third-order valence-electron chi connectivity index (χ3n) is 2.98. The highest BCUT2D eigenvalue weighted by Gasteiger charge is 2.10. The molecule has 0 spiro atoms. The summed E-state index contributed by atoms with van der Waals surface area (Å²) in [7, 11) is 0. The van der Waals surface area contributed by atoms with Crippen molar-refractivity contribution in [3.05, 3.63) is 45.3 Å². The van der Waals surface area contributed by atoms with Crippen LogP contribution in [0.3, 0.4) is 0 Å². The number of nitrogens with one attached hydrogen (secondary N) is 1. The second-order valence-corrected chi connectivity index (χ2v) is 4.52. The van der Waals surface area contributed by atoms with Crippen LogP contribution in [0.25, 0.3) is 11.3 Å². The number of nitrogens with zero attached hydrogens (tertiary/aromatic N) is 1. The van der Waals surface area contributed by atoms with E-state index in [0.29, 0.717) is 4.64 Å². The van der Waals surface area contributed by atoms with E-state index in [4.69, 9.17) is 12.2 Å². The van der Waals surface area contributed by atoms with Crippen molar-refractivity contribution in [3.63, 3.8) is 0 Å². The van der Waals surface area contributed by atoms with Crippen molar-refractivity contribution < 1.29 is 4.39 Å². The highest BCUT2D eigenvalue weighted by molar-refractivity contribution is 7.71. The summed E-state index contributed by atoms with van der Waals surface area (Å²) in [6.45, 7) is 5.83. The van der Waals surface area contributed by atoms with Crippen molar-refractivity contribution in [2.75, 3.05) is 0 Å². The van der Waals surface area contributed by atoms with Crippen LogP contribution in [0.15, 0.2) is 18.2 Å². The molecule has 0 radical (unpaired) electrons. The standard InChI is InChI=1S/C13H13FN2S/c1-7-4-5-10(14)6-11(7)12-8(2)9(3)13(17)16-15-12/h4-6H,1-3H3,(H,16,17). The van der Waals surface area contributed by atoms with E-state index in [1.165, 1.54) is 12.1 Å². The Kier molecular flexibility index (Phi) is 3.07. The fraction of sp³-hybridized carbons (Fsp3) is 0.231.